The summed E-state index contributed by atoms with van der Waals surface area (Å²) in [6.45, 7) is 0.805. The molecule has 0 aromatic heterocycles. The van der Waals surface area contributed by atoms with Crippen LogP contribution in [0.15, 0.2) is 36.4 Å². The number of carbonyl (C=O) groups is 1. The second-order valence-corrected chi connectivity index (χ2v) is 5.88. The summed E-state index contributed by atoms with van der Waals surface area (Å²) in [6.07, 6.45) is -0.0425. The van der Waals surface area contributed by atoms with Gasteiger partial charge in [-0.05, 0) is 35.7 Å². The lowest BCUT2D eigenvalue weighted by Crippen LogP contribution is -2.29. The lowest BCUT2D eigenvalue weighted by Gasteiger charge is -2.16. The maximum atomic E-state index is 13.6. The van der Waals surface area contributed by atoms with E-state index in [1.165, 1.54) is 6.07 Å². The topological polar surface area (TPSA) is 52.6 Å². The van der Waals surface area contributed by atoms with Crippen LogP contribution in [0.25, 0.3) is 0 Å². The predicted octanol–water partition coefficient (Wildman–Crippen LogP) is 2.42. The van der Waals surface area contributed by atoms with Gasteiger partial charge < -0.3 is 15.3 Å². The number of hydrogen-bond donors (Lipinski definition) is 2. The molecule has 3 rings (SSSR count). The number of benzene rings is 2. The Hall–Kier alpha value is -2.47. The number of fused-ring (bicyclic) bond motifs is 1. The number of amides is 1. The molecule has 2 aromatic carbocycles. The summed E-state index contributed by atoms with van der Waals surface area (Å²) in [4.78, 5) is 14.1. The average Bonchev–Trinajstić information content (AvgIpc) is 2.93. The van der Waals surface area contributed by atoms with Gasteiger partial charge in [-0.1, -0.05) is 18.2 Å². The van der Waals surface area contributed by atoms with Crippen molar-refractivity contribution in [3.8, 4) is 0 Å². The van der Waals surface area contributed by atoms with Crippen LogP contribution in [0.1, 0.15) is 27.6 Å². The number of halogens is 2. The monoisotopic (exact) mass is 332 g/mol. The van der Waals surface area contributed by atoms with Crippen molar-refractivity contribution in [2.75, 3.05) is 25.0 Å². The zero-order valence-corrected chi connectivity index (χ0v) is 13.2. The van der Waals surface area contributed by atoms with Gasteiger partial charge in [0.2, 0.25) is 0 Å². The number of nitrogens with one attached hydrogen (secondary N) is 1. The molecule has 0 saturated carbocycles. The summed E-state index contributed by atoms with van der Waals surface area (Å²) in [6, 6.07) is 8.86. The van der Waals surface area contributed by atoms with E-state index in [0.717, 1.165) is 36.3 Å². The van der Waals surface area contributed by atoms with Crippen molar-refractivity contribution >= 4 is 11.6 Å². The van der Waals surface area contributed by atoms with E-state index in [9.17, 15) is 18.7 Å². The quantitative estimate of drug-likeness (QED) is 0.904. The molecule has 0 radical (unpaired) electrons. The van der Waals surface area contributed by atoms with Crippen molar-refractivity contribution in [3.05, 3.63) is 64.7 Å². The van der Waals surface area contributed by atoms with Crippen LogP contribution in [0.3, 0.4) is 0 Å². The molecule has 0 bridgehead atoms. The number of carbonyl (C=O) groups excluding carboxylic acids is 1. The van der Waals surface area contributed by atoms with Gasteiger partial charge in [-0.25, -0.2) is 8.78 Å². The van der Waals surface area contributed by atoms with Crippen molar-refractivity contribution < 1.29 is 18.7 Å². The fourth-order valence-corrected chi connectivity index (χ4v) is 2.90. The zero-order valence-electron chi connectivity index (χ0n) is 13.2. The number of nitrogens with zero attached hydrogens (tertiary/aromatic N) is 1. The summed E-state index contributed by atoms with van der Waals surface area (Å²) < 4.78 is 27.1. The Bertz CT molecular complexity index is 759. The van der Waals surface area contributed by atoms with Gasteiger partial charge in [0.15, 0.2) is 0 Å². The molecule has 1 atom stereocenters. The van der Waals surface area contributed by atoms with Crippen LogP contribution in [0.5, 0.6) is 0 Å². The molecular formula is C18H18F2N2O2. The van der Waals surface area contributed by atoms with Gasteiger partial charge in [-0.3, -0.25) is 4.79 Å². The molecule has 4 nitrogen and oxygen atoms in total. The predicted molar refractivity (Wildman–Crippen MR) is 87.1 cm³/mol. The number of hydrogen-bond acceptors (Lipinski definition) is 3. The van der Waals surface area contributed by atoms with Crippen LogP contribution in [-0.2, 0) is 6.42 Å². The third kappa shape index (κ3) is 3.10. The van der Waals surface area contributed by atoms with Gasteiger partial charge in [0.25, 0.3) is 5.91 Å². The number of aliphatic hydroxyl groups is 1. The molecule has 126 valence electrons. The van der Waals surface area contributed by atoms with E-state index in [1.54, 1.807) is 6.07 Å². The molecular weight excluding hydrogens is 314 g/mol. The standard InChI is InChI=1S/C18H18F2N2O2/c1-22-8-7-11-9-12(5-6-15(11)22)16(23)10-21-18(24)17-13(19)3-2-4-14(17)20/h2-6,9,16,23H,7-8,10H2,1H3,(H,21,24). The van der Waals surface area contributed by atoms with Gasteiger partial charge in [0, 0.05) is 25.8 Å². The maximum absolute atomic E-state index is 13.6. The summed E-state index contributed by atoms with van der Waals surface area (Å²) in [7, 11) is 2.01. The second-order valence-electron chi connectivity index (χ2n) is 5.88. The van der Waals surface area contributed by atoms with E-state index in [1.807, 2.05) is 19.2 Å². The number of rotatable bonds is 4. The summed E-state index contributed by atoms with van der Waals surface area (Å²) in [5.41, 5.74) is 2.29. The highest BCUT2D eigenvalue weighted by Crippen LogP contribution is 2.29. The van der Waals surface area contributed by atoms with Crippen molar-refractivity contribution in [2.45, 2.75) is 12.5 Å². The van der Waals surface area contributed by atoms with Crippen molar-refractivity contribution in [1.82, 2.24) is 5.32 Å². The maximum Gasteiger partial charge on any atom is 0.257 e. The fraction of sp³-hybridized carbons (Fsp3) is 0.278. The molecule has 2 aromatic rings. The smallest absolute Gasteiger partial charge is 0.257 e. The highest BCUT2D eigenvalue weighted by atomic mass is 19.1. The first kappa shape index (κ1) is 16.4. The lowest BCUT2D eigenvalue weighted by atomic mass is 10.0. The first-order valence-corrected chi connectivity index (χ1v) is 7.71. The molecule has 1 aliphatic rings. The van der Waals surface area contributed by atoms with Gasteiger partial charge in [-0.2, -0.15) is 0 Å². The first-order valence-electron chi connectivity index (χ1n) is 7.71. The molecule has 24 heavy (non-hydrogen) atoms. The molecule has 0 fully saturated rings. The highest BCUT2D eigenvalue weighted by Gasteiger charge is 2.20. The summed E-state index contributed by atoms with van der Waals surface area (Å²) in [5, 5.41) is 12.6. The van der Waals surface area contributed by atoms with Crippen molar-refractivity contribution in [3.63, 3.8) is 0 Å². The van der Waals surface area contributed by atoms with Gasteiger partial charge in [0.05, 0.1) is 6.10 Å². The van der Waals surface area contributed by atoms with Gasteiger partial charge >= 0.3 is 0 Å². The summed E-state index contributed by atoms with van der Waals surface area (Å²) in [5.74, 6) is -2.74. The highest BCUT2D eigenvalue weighted by molar-refractivity contribution is 5.94. The minimum atomic E-state index is -0.944. The normalized spacial score (nSPS) is 14.4. The van der Waals surface area contributed by atoms with Crippen LogP contribution in [0, 0.1) is 11.6 Å². The SMILES string of the molecule is CN1CCc2cc(C(O)CNC(=O)c3c(F)cccc3F)ccc21. The van der Waals surface area contributed by atoms with Crippen LogP contribution < -0.4 is 10.2 Å². The van der Waals surface area contributed by atoms with E-state index < -0.39 is 29.2 Å². The molecule has 0 saturated heterocycles. The number of aliphatic hydroxyl groups excluding tert-OH is 1. The molecule has 1 aliphatic heterocycles. The molecule has 1 unspecified atom stereocenters. The van der Waals surface area contributed by atoms with Crippen LogP contribution in [-0.4, -0.2) is 31.2 Å². The zero-order chi connectivity index (χ0) is 17.3. The van der Waals surface area contributed by atoms with Crippen LogP contribution in [0.2, 0.25) is 0 Å². The lowest BCUT2D eigenvalue weighted by molar-refractivity contribution is 0.0908. The largest absolute Gasteiger partial charge is 0.387 e. The fourth-order valence-electron chi connectivity index (χ4n) is 2.90. The third-order valence-electron chi connectivity index (χ3n) is 4.26. The average molecular weight is 332 g/mol. The Kier molecular flexibility index (Phi) is 4.49. The van der Waals surface area contributed by atoms with Crippen molar-refractivity contribution in [2.24, 2.45) is 0 Å². The molecule has 1 heterocycles. The molecule has 1 amide bonds. The van der Waals surface area contributed by atoms with Crippen LogP contribution in [0.4, 0.5) is 14.5 Å². The number of anilines is 1. The Morgan fingerprint density at radius 1 is 1.29 bits per heavy atom. The third-order valence-corrected chi connectivity index (χ3v) is 4.26. The Morgan fingerprint density at radius 3 is 2.71 bits per heavy atom. The minimum absolute atomic E-state index is 0.124. The van der Waals surface area contributed by atoms with Crippen LogP contribution >= 0.6 is 0 Å². The van der Waals surface area contributed by atoms with E-state index in [2.05, 4.69) is 10.2 Å². The summed E-state index contributed by atoms with van der Waals surface area (Å²) >= 11 is 0. The molecule has 0 spiro atoms. The molecule has 0 aliphatic carbocycles. The molecule has 2 N–H and O–H groups in total. The van der Waals surface area contributed by atoms with Crippen molar-refractivity contribution in [1.29, 1.82) is 0 Å². The van der Waals surface area contributed by atoms with Gasteiger partial charge in [0.1, 0.15) is 17.2 Å². The first-order chi connectivity index (χ1) is 11.5. The second kappa shape index (κ2) is 6.57. The number of likely N-dealkylation sites (N-methyl/N-ethyl adjacent to an activating group) is 1. The van der Waals surface area contributed by atoms with E-state index in [0.29, 0.717) is 5.56 Å². The van der Waals surface area contributed by atoms with E-state index in [4.69, 9.17) is 0 Å². The van der Waals surface area contributed by atoms with E-state index >= 15 is 0 Å². The molecule has 6 heteroatoms. The van der Waals surface area contributed by atoms with Gasteiger partial charge in [-0.15, -0.1) is 0 Å². The van der Waals surface area contributed by atoms with E-state index in [-0.39, 0.29) is 6.54 Å². The minimum Gasteiger partial charge on any atom is -0.387 e. The Balaban J connectivity index is 1.68. The Labute approximate surface area is 138 Å². The Morgan fingerprint density at radius 2 is 2.00 bits per heavy atom.